The number of carbonyl (C=O) groups excluding carboxylic acids is 2. The van der Waals surface area contributed by atoms with Gasteiger partial charge in [-0.1, -0.05) is 18.1 Å². The number of ether oxygens (including phenoxy) is 1. The van der Waals surface area contributed by atoms with Crippen molar-refractivity contribution in [2.75, 3.05) is 13.1 Å². The van der Waals surface area contributed by atoms with Crippen molar-refractivity contribution in [2.45, 2.75) is 25.6 Å². The lowest BCUT2D eigenvalue weighted by Gasteiger charge is -2.18. The van der Waals surface area contributed by atoms with Gasteiger partial charge in [-0.2, -0.15) is 13.2 Å². The zero-order valence-corrected chi connectivity index (χ0v) is 12.9. The van der Waals surface area contributed by atoms with Crippen LogP contribution in [0, 0.1) is 12.3 Å². The van der Waals surface area contributed by atoms with Gasteiger partial charge in [-0.15, -0.1) is 6.42 Å². The van der Waals surface area contributed by atoms with Gasteiger partial charge >= 0.3 is 6.18 Å². The summed E-state index contributed by atoms with van der Waals surface area (Å²) < 4.78 is 43.7. The Balaban J connectivity index is 2.54. The molecule has 1 atom stereocenters. The van der Waals surface area contributed by atoms with Crippen LogP contribution in [0.15, 0.2) is 24.3 Å². The second-order valence-electron chi connectivity index (χ2n) is 4.78. The molecule has 5 nitrogen and oxygen atoms in total. The number of halogens is 3. The Morgan fingerprint density at radius 2 is 1.96 bits per heavy atom. The number of alkyl halides is 3. The van der Waals surface area contributed by atoms with Crippen molar-refractivity contribution < 1.29 is 27.5 Å². The summed E-state index contributed by atoms with van der Waals surface area (Å²) in [5.74, 6) is 0.827. The lowest BCUT2D eigenvalue weighted by atomic mass is 10.2. The molecule has 0 spiro atoms. The van der Waals surface area contributed by atoms with Gasteiger partial charge in [0.25, 0.3) is 5.91 Å². The van der Waals surface area contributed by atoms with E-state index in [9.17, 15) is 22.8 Å². The van der Waals surface area contributed by atoms with Crippen LogP contribution in [0.5, 0.6) is 5.75 Å². The van der Waals surface area contributed by atoms with E-state index in [4.69, 9.17) is 11.2 Å². The number of hydrogen-bond acceptors (Lipinski definition) is 3. The molecule has 130 valence electrons. The van der Waals surface area contributed by atoms with Crippen LogP contribution < -0.4 is 15.4 Å². The Labute approximate surface area is 137 Å². The number of carbonyl (C=O) groups is 2. The minimum Gasteiger partial charge on any atom is -0.480 e. The third-order valence-electron chi connectivity index (χ3n) is 2.90. The highest BCUT2D eigenvalue weighted by molar-refractivity contribution is 5.82. The maximum atomic E-state index is 12.9. The molecule has 24 heavy (non-hydrogen) atoms. The minimum absolute atomic E-state index is 0.000716. The molecule has 0 aliphatic rings. The fraction of sp³-hybridized carbons (Fsp3) is 0.375. The molecule has 0 aromatic heterocycles. The van der Waals surface area contributed by atoms with Gasteiger partial charge in [0.15, 0.2) is 6.10 Å². The van der Waals surface area contributed by atoms with Crippen molar-refractivity contribution in [2.24, 2.45) is 0 Å². The molecular formula is C16H17F3N2O3. The zero-order valence-electron chi connectivity index (χ0n) is 12.9. The van der Waals surface area contributed by atoms with Gasteiger partial charge in [-0.25, -0.2) is 0 Å². The number of benzene rings is 1. The first-order valence-corrected chi connectivity index (χ1v) is 7.06. The highest BCUT2D eigenvalue weighted by Gasteiger charge is 2.34. The molecule has 0 radical (unpaired) electrons. The van der Waals surface area contributed by atoms with Crippen LogP contribution >= 0.6 is 0 Å². The van der Waals surface area contributed by atoms with Gasteiger partial charge in [0.2, 0.25) is 5.91 Å². The summed E-state index contributed by atoms with van der Waals surface area (Å²) >= 11 is 0. The van der Waals surface area contributed by atoms with Gasteiger partial charge in [0, 0.05) is 13.0 Å². The smallest absolute Gasteiger partial charge is 0.419 e. The van der Waals surface area contributed by atoms with E-state index in [1.54, 1.807) is 0 Å². The van der Waals surface area contributed by atoms with Gasteiger partial charge in [-0.05, 0) is 19.1 Å². The summed E-state index contributed by atoms with van der Waals surface area (Å²) in [6.07, 6.45) is -0.754. The molecule has 0 aliphatic heterocycles. The molecule has 2 N–H and O–H groups in total. The van der Waals surface area contributed by atoms with Crippen LogP contribution in [0.1, 0.15) is 18.9 Å². The fourth-order valence-electron chi connectivity index (χ4n) is 1.73. The van der Waals surface area contributed by atoms with Crippen molar-refractivity contribution >= 4 is 11.8 Å². The molecule has 2 amide bonds. The maximum Gasteiger partial charge on any atom is 0.419 e. The van der Waals surface area contributed by atoms with Crippen LogP contribution in [-0.4, -0.2) is 31.0 Å². The number of para-hydroxylation sites is 1. The van der Waals surface area contributed by atoms with E-state index < -0.39 is 29.5 Å². The summed E-state index contributed by atoms with van der Waals surface area (Å²) in [6.45, 7) is 1.42. The van der Waals surface area contributed by atoms with Crippen molar-refractivity contribution in [3.05, 3.63) is 29.8 Å². The normalized spacial score (nSPS) is 12.0. The molecule has 8 heteroatoms. The monoisotopic (exact) mass is 342 g/mol. The summed E-state index contributed by atoms with van der Waals surface area (Å²) in [5, 5.41) is 4.83. The van der Waals surface area contributed by atoms with E-state index in [2.05, 4.69) is 16.6 Å². The topological polar surface area (TPSA) is 67.4 Å². The van der Waals surface area contributed by atoms with Crippen molar-refractivity contribution in [3.8, 4) is 18.1 Å². The lowest BCUT2D eigenvalue weighted by molar-refractivity contribution is -0.140. The number of hydrogen-bond donors (Lipinski definition) is 2. The van der Waals surface area contributed by atoms with E-state index in [1.165, 1.54) is 19.1 Å². The van der Waals surface area contributed by atoms with E-state index in [-0.39, 0.29) is 25.4 Å². The Morgan fingerprint density at radius 3 is 2.58 bits per heavy atom. The second kappa shape index (κ2) is 8.82. The predicted molar refractivity (Wildman–Crippen MR) is 81.0 cm³/mol. The van der Waals surface area contributed by atoms with Crippen molar-refractivity contribution in [1.29, 1.82) is 0 Å². The molecule has 0 fully saturated rings. The minimum atomic E-state index is -4.58. The SMILES string of the molecule is C#CCNC(=O)CCNC(=O)[C@H](C)Oc1ccccc1C(F)(F)F. The maximum absolute atomic E-state index is 12.9. The molecule has 0 saturated carbocycles. The van der Waals surface area contributed by atoms with Crippen molar-refractivity contribution in [1.82, 2.24) is 10.6 Å². The first-order valence-electron chi connectivity index (χ1n) is 7.06. The molecule has 0 bridgehead atoms. The Hall–Kier alpha value is -2.69. The number of nitrogens with one attached hydrogen (secondary N) is 2. The standard InChI is InChI=1S/C16H17F3N2O3/c1-3-9-20-14(22)8-10-21-15(23)11(2)24-13-7-5-4-6-12(13)16(17,18)19/h1,4-7,11H,8-10H2,2H3,(H,20,22)(H,21,23)/t11-/m0/s1. The molecule has 0 heterocycles. The highest BCUT2D eigenvalue weighted by atomic mass is 19.4. The molecule has 0 aliphatic carbocycles. The summed E-state index contributed by atoms with van der Waals surface area (Å²) in [5.41, 5.74) is -0.960. The first-order chi connectivity index (χ1) is 11.3. The number of terminal acetylenes is 1. The predicted octanol–water partition coefficient (Wildman–Crippen LogP) is 1.73. The van der Waals surface area contributed by atoms with Crippen LogP contribution in [-0.2, 0) is 15.8 Å². The summed E-state index contributed by atoms with van der Waals surface area (Å²) in [4.78, 5) is 23.1. The first kappa shape index (κ1) is 19.4. The number of amides is 2. The van der Waals surface area contributed by atoms with Gasteiger partial charge in [-0.3, -0.25) is 9.59 Å². The van der Waals surface area contributed by atoms with Crippen molar-refractivity contribution in [3.63, 3.8) is 0 Å². The van der Waals surface area contributed by atoms with Crippen LogP contribution in [0.25, 0.3) is 0 Å². The lowest BCUT2D eigenvalue weighted by Crippen LogP contribution is -2.38. The molecule has 1 rings (SSSR count). The molecule has 1 aromatic rings. The van der Waals surface area contributed by atoms with Crippen LogP contribution in [0.4, 0.5) is 13.2 Å². The summed E-state index contributed by atoms with van der Waals surface area (Å²) in [6, 6.07) is 4.62. The third kappa shape index (κ3) is 6.20. The second-order valence-corrected chi connectivity index (χ2v) is 4.78. The molecular weight excluding hydrogens is 325 g/mol. The average molecular weight is 342 g/mol. The van der Waals surface area contributed by atoms with Crippen LogP contribution in [0.3, 0.4) is 0 Å². The molecule has 0 saturated heterocycles. The number of rotatable bonds is 7. The van der Waals surface area contributed by atoms with Crippen LogP contribution in [0.2, 0.25) is 0 Å². The van der Waals surface area contributed by atoms with Gasteiger partial charge in [0.1, 0.15) is 5.75 Å². The van der Waals surface area contributed by atoms with Gasteiger partial charge in [0.05, 0.1) is 12.1 Å². The molecule has 0 unspecified atom stereocenters. The van der Waals surface area contributed by atoms with E-state index in [1.807, 2.05) is 0 Å². The highest BCUT2D eigenvalue weighted by Crippen LogP contribution is 2.36. The van der Waals surface area contributed by atoms with E-state index in [0.717, 1.165) is 12.1 Å². The molecule has 1 aromatic carbocycles. The third-order valence-corrected chi connectivity index (χ3v) is 2.90. The Bertz CT molecular complexity index is 624. The Morgan fingerprint density at radius 1 is 1.29 bits per heavy atom. The van der Waals surface area contributed by atoms with E-state index in [0.29, 0.717) is 0 Å². The summed E-state index contributed by atoms with van der Waals surface area (Å²) in [7, 11) is 0. The fourth-order valence-corrected chi connectivity index (χ4v) is 1.73. The van der Waals surface area contributed by atoms with Gasteiger partial charge < -0.3 is 15.4 Å². The Kier molecular flexibility index (Phi) is 7.11. The zero-order chi connectivity index (χ0) is 18.2. The van der Waals surface area contributed by atoms with E-state index >= 15 is 0 Å². The quantitative estimate of drug-likeness (QED) is 0.742. The largest absolute Gasteiger partial charge is 0.480 e. The average Bonchev–Trinajstić information content (AvgIpc) is 2.52.